The van der Waals surface area contributed by atoms with Crippen molar-refractivity contribution in [3.05, 3.63) is 35.4 Å². The molecule has 0 spiro atoms. The highest BCUT2D eigenvalue weighted by Crippen LogP contribution is 2.11. The maximum absolute atomic E-state index is 13.1. The third-order valence-corrected chi connectivity index (χ3v) is 3.05. The van der Waals surface area contributed by atoms with Crippen molar-refractivity contribution in [3.8, 4) is 0 Å². The molecule has 0 radical (unpaired) electrons. The highest BCUT2D eigenvalue weighted by molar-refractivity contribution is 5.97. The third-order valence-electron chi connectivity index (χ3n) is 3.05. The zero-order valence-corrected chi connectivity index (χ0v) is 12.8. The lowest BCUT2D eigenvalue weighted by atomic mass is 10.0. The summed E-state index contributed by atoms with van der Waals surface area (Å²) in [6.07, 6.45) is -0.0856. The van der Waals surface area contributed by atoms with Gasteiger partial charge in [-0.25, -0.2) is 8.78 Å². The van der Waals surface area contributed by atoms with E-state index in [1.54, 1.807) is 6.92 Å². The van der Waals surface area contributed by atoms with E-state index in [0.29, 0.717) is 6.07 Å². The summed E-state index contributed by atoms with van der Waals surface area (Å²) in [5.74, 6) is -4.81. The van der Waals surface area contributed by atoms with Crippen molar-refractivity contribution in [1.29, 1.82) is 0 Å². The summed E-state index contributed by atoms with van der Waals surface area (Å²) >= 11 is 0. The number of esters is 1. The Bertz CT molecular complexity index is 587. The normalized spacial score (nSPS) is 13.0. The number of carbonyl (C=O) groups is 3. The summed E-state index contributed by atoms with van der Waals surface area (Å²) in [6, 6.07) is 1.09. The minimum absolute atomic E-state index is 0.0856. The van der Waals surface area contributed by atoms with Crippen LogP contribution in [-0.4, -0.2) is 30.4 Å². The van der Waals surface area contributed by atoms with Crippen LogP contribution in [0.2, 0.25) is 0 Å². The van der Waals surface area contributed by atoms with Crippen LogP contribution in [0.25, 0.3) is 0 Å². The fraction of sp³-hybridized carbons (Fsp3) is 0.400. The molecule has 0 aliphatic carbocycles. The van der Waals surface area contributed by atoms with Crippen molar-refractivity contribution in [2.75, 3.05) is 6.61 Å². The lowest BCUT2D eigenvalue weighted by Crippen LogP contribution is -2.46. The Hall–Kier alpha value is -2.51. The van der Waals surface area contributed by atoms with E-state index < -0.39 is 41.4 Å². The second-order valence-electron chi connectivity index (χ2n) is 4.98. The Balaban J connectivity index is 2.81. The molecule has 0 unspecified atom stereocenters. The van der Waals surface area contributed by atoms with Crippen LogP contribution in [0.5, 0.6) is 0 Å². The number of hydrogen-bond donors (Lipinski definition) is 2. The van der Waals surface area contributed by atoms with E-state index in [0.717, 1.165) is 12.1 Å². The second-order valence-corrected chi connectivity index (χ2v) is 4.98. The molecule has 1 rings (SSSR count). The van der Waals surface area contributed by atoms with E-state index >= 15 is 0 Å². The monoisotopic (exact) mass is 328 g/mol. The molecule has 0 saturated heterocycles. The molecule has 0 aliphatic heterocycles. The quantitative estimate of drug-likeness (QED) is 0.733. The molecule has 1 aromatic rings. The first kappa shape index (κ1) is 18.5. The molecule has 6 nitrogen and oxygen atoms in total. The Morgan fingerprint density at radius 2 is 1.78 bits per heavy atom. The molecule has 0 aromatic heterocycles. The summed E-state index contributed by atoms with van der Waals surface area (Å²) in [5.41, 5.74) is 4.90. The fourth-order valence-electron chi connectivity index (χ4n) is 1.91. The van der Waals surface area contributed by atoms with E-state index in [9.17, 15) is 23.2 Å². The fourth-order valence-corrected chi connectivity index (χ4v) is 1.91. The Morgan fingerprint density at radius 1 is 1.22 bits per heavy atom. The van der Waals surface area contributed by atoms with Crippen LogP contribution in [0.1, 0.15) is 30.6 Å². The zero-order valence-electron chi connectivity index (χ0n) is 12.8. The summed E-state index contributed by atoms with van der Waals surface area (Å²) in [5, 5.41) is 2.26. The molecule has 0 saturated carbocycles. The predicted octanol–water partition coefficient (Wildman–Crippen LogP) is 1.14. The van der Waals surface area contributed by atoms with Gasteiger partial charge < -0.3 is 15.8 Å². The average molecular weight is 328 g/mol. The molecule has 1 aromatic carbocycles. The van der Waals surface area contributed by atoms with Gasteiger partial charge >= 0.3 is 5.97 Å². The molecule has 8 heteroatoms. The van der Waals surface area contributed by atoms with E-state index in [1.807, 2.05) is 0 Å². The second kappa shape index (κ2) is 8.21. The van der Waals surface area contributed by atoms with Crippen LogP contribution < -0.4 is 11.1 Å². The number of rotatable bonds is 7. The van der Waals surface area contributed by atoms with Crippen molar-refractivity contribution in [2.45, 2.75) is 26.3 Å². The van der Waals surface area contributed by atoms with E-state index in [-0.39, 0.29) is 18.6 Å². The highest BCUT2D eigenvalue weighted by Gasteiger charge is 2.25. The topological polar surface area (TPSA) is 98.5 Å². The zero-order chi connectivity index (χ0) is 17.6. The molecule has 2 atom stereocenters. The van der Waals surface area contributed by atoms with Crippen LogP contribution in [0.15, 0.2) is 18.2 Å². The molecule has 0 bridgehead atoms. The van der Waals surface area contributed by atoms with Crippen LogP contribution in [0.3, 0.4) is 0 Å². The third kappa shape index (κ3) is 5.65. The van der Waals surface area contributed by atoms with Gasteiger partial charge in [0.15, 0.2) is 0 Å². The molecule has 2 amide bonds. The maximum atomic E-state index is 13.1. The number of amides is 2. The Labute approximate surface area is 132 Å². The van der Waals surface area contributed by atoms with Crippen LogP contribution >= 0.6 is 0 Å². The Kier molecular flexibility index (Phi) is 6.62. The van der Waals surface area contributed by atoms with Gasteiger partial charge in [0, 0.05) is 11.6 Å². The first-order chi connectivity index (χ1) is 10.7. The number of carbonyl (C=O) groups excluding carboxylic acids is 3. The van der Waals surface area contributed by atoms with Gasteiger partial charge in [-0.2, -0.15) is 0 Å². The lowest BCUT2D eigenvalue weighted by molar-refractivity contribution is -0.147. The highest BCUT2D eigenvalue weighted by atomic mass is 19.1. The van der Waals surface area contributed by atoms with Crippen molar-refractivity contribution < 1.29 is 27.9 Å². The van der Waals surface area contributed by atoms with Crippen molar-refractivity contribution >= 4 is 17.8 Å². The number of halogens is 2. The number of hydrogen-bond acceptors (Lipinski definition) is 4. The molecule has 0 aliphatic rings. The minimum Gasteiger partial charge on any atom is -0.466 e. The smallest absolute Gasteiger partial charge is 0.308 e. The number of nitrogens with one attached hydrogen (secondary N) is 1. The van der Waals surface area contributed by atoms with Crippen LogP contribution in [-0.2, 0) is 14.3 Å². The summed E-state index contributed by atoms with van der Waals surface area (Å²) in [6.45, 7) is 3.33. The average Bonchev–Trinajstić information content (AvgIpc) is 2.45. The van der Waals surface area contributed by atoms with Gasteiger partial charge in [0.1, 0.15) is 17.7 Å². The van der Waals surface area contributed by atoms with Crippen LogP contribution in [0, 0.1) is 17.6 Å². The minimum atomic E-state index is -1.17. The van der Waals surface area contributed by atoms with Gasteiger partial charge in [-0.05, 0) is 25.5 Å². The van der Waals surface area contributed by atoms with E-state index in [1.165, 1.54) is 6.92 Å². The number of primary amides is 1. The molecule has 23 heavy (non-hydrogen) atoms. The SMILES string of the molecule is CCOC(=O)[C@@H](C)C[C@@H](NC(=O)c1cc(F)cc(F)c1)C(N)=O. The van der Waals surface area contributed by atoms with Gasteiger partial charge in [-0.15, -0.1) is 0 Å². The summed E-state index contributed by atoms with van der Waals surface area (Å²) < 4.78 is 31.0. The first-order valence-corrected chi connectivity index (χ1v) is 6.97. The Morgan fingerprint density at radius 3 is 2.26 bits per heavy atom. The van der Waals surface area contributed by atoms with Gasteiger partial charge in [-0.3, -0.25) is 14.4 Å². The molecule has 0 heterocycles. The summed E-state index contributed by atoms with van der Waals surface area (Å²) in [7, 11) is 0. The van der Waals surface area contributed by atoms with Gasteiger partial charge in [0.25, 0.3) is 5.91 Å². The predicted molar refractivity (Wildman–Crippen MR) is 77.2 cm³/mol. The molecule has 3 N–H and O–H groups in total. The van der Waals surface area contributed by atoms with Crippen LogP contribution in [0.4, 0.5) is 8.78 Å². The summed E-state index contributed by atoms with van der Waals surface area (Å²) in [4.78, 5) is 35.0. The van der Waals surface area contributed by atoms with E-state index in [4.69, 9.17) is 10.5 Å². The van der Waals surface area contributed by atoms with Gasteiger partial charge in [-0.1, -0.05) is 6.92 Å². The molecule has 126 valence electrons. The number of ether oxygens (including phenoxy) is 1. The lowest BCUT2D eigenvalue weighted by Gasteiger charge is -2.19. The molecular weight excluding hydrogens is 310 g/mol. The standard InChI is InChI=1S/C15H18F2N2O4/c1-3-23-15(22)8(2)4-12(13(18)20)19-14(21)9-5-10(16)7-11(17)6-9/h5-8,12H,3-4H2,1-2H3,(H2,18,20)(H,19,21)/t8-,12+/m0/s1. The maximum Gasteiger partial charge on any atom is 0.308 e. The van der Waals surface area contributed by atoms with Gasteiger partial charge in [0.05, 0.1) is 12.5 Å². The van der Waals surface area contributed by atoms with E-state index in [2.05, 4.69) is 5.32 Å². The largest absolute Gasteiger partial charge is 0.466 e. The number of nitrogens with two attached hydrogens (primary N) is 1. The van der Waals surface area contributed by atoms with Crippen molar-refractivity contribution in [1.82, 2.24) is 5.32 Å². The van der Waals surface area contributed by atoms with Gasteiger partial charge in [0.2, 0.25) is 5.91 Å². The first-order valence-electron chi connectivity index (χ1n) is 6.97. The van der Waals surface area contributed by atoms with Crippen molar-refractivity contribution in [2.24, 2.45) is 11.7 Å². The number of benzene rings is 1. The van der Waals surface area contributed by atoms with Crippen molar-refractivity contribution in [3.63, 3.8) is 0 Å². The molecule has 0 fully saturated rings. The molecular formula is C15H18F2N2O4.